The van der Waals surface area contributed by atoms with Gasteiger partial charge in [-0.15, -0.1) is 0 Å². The van der Waals surface area contributed by atoms with Gasteiger partial charge in [0.05, 0.1) is 131 Å². The maximum absolute atomic E-state index is 14.2. The van der Waals surface area contributed by atoms with Crippen molar-refractivity contribution in [2.24, 2.45) is 11.8 Å². The molecule has 31 nitrogen and oxygen atoms in total. The standard InChI is InChI=1S/C32H37N5O4.C28H33N5O3.C23H26BrNO3.C18H18BrNO3.C9H12N4O.CH3F.CH4.K.H2O/c1-19-16-24(35-28-20(2)29(34-18-33-28)36-30(38)22-10-11-22)27(41-4)26-25(19)31(39)37(32(26)14-6-5-7-15-32)17-21-8-12-23(40-3)13-9-21;1-17-14-21(32-26-18(2)25(29)30-16-31-26)24(36-4)23-22(17)27(34)33(28(23)12-6-5-7-13-28)15-19-8-10-20(35-3)11-9-19;1-15-13-18(24)21(28-3)20-19(15)22(26)25(23(20)11-5-4-6-12-23)14-16-7-9-17(27-2)10-8-16;1-11-8-15(19)17(23-3)14-10-20(18(21)16(11)14)9-12-4-6-13(22-2)7-5-12;1-5-7(10)11-4-12-8(5)13-9(14)6-2-3-6;1-2;;;/h8-9,12-13,16,18,22H,5-7,10-11,14-15,17H2,1-4H3,(H2,33,34,35,36,38);8-11,14,16H,5-7,12-13,15H2,1-4H3,(H3,29,30,31,32);7-10,13H,4-6,11-12,14H2,1-3H3;4-8H,9-10H2,1-3H3;4,6H,2-3H2,1H3,(H3,10,11,12,13,14);1H3;1H4;;1H2/q;;;;;;;+1;/p-1/i;;;;;1D;;;. The second-order valence-electron chi connectivity index (χ2n) is 38.0. The van der Waals surface area contributed by atoms with Gasteiger partial charge >= 0.3 is 51.4 Å². The predicted octanol–water partition coefficient (Wildman–Crippen LogP) is 19.6. The molecule has 0 bridgehead atoms. The van der Waals surface area contributed by atoms with Gasteiger partial charge in [-0.2, -0.15) is 0 Å². The van der Waals surface area contributed by atoms with Crippen molar-refractivity contribution in [3.8, 4) is 46.0 Å². The average Bonchev–Trinajstić information content (AvgIpc) is 1.55. The number of hydrogen-bond donors (Lipinski definition) is 6. The van der Waals surface area contributed by atoms with Gasteiger partial charge in [-0.1, -0.05) is 114 Å². The van der Waals surface area contributed by atoms with Crippen molar-refractivity contribution in [1.82, 2.24) is 49.5 Å². The normalized spacial score (nSPS) is 15.8. The maximum Gasteiger partial charge on any atom is 1.00 e. The SMILES string of the molecule is C.COc1ccc(CN2C(=O)c3c(C)cc(Br)c(OC)c3C23CCCCC3)cc1.COc1ccc(CN2C(=O)c3c(C)cc(Nc4ncnc(N)c4C)c(OC)c3C23CCCCC3)cc1.COc1ccc(CN2C(=O)c3c(C)cc(Nc4ncnc(NC(=O)C5CC5)c4C)c(OC)c3C23CCCCC3)cc1.COc1ccc(CN2Cc3c(OC)c(Br)cc(C)c3C2=O)cc1.Cc1c(N)ncnc1NC(=O)C1CC1.[2H]CF.[K+].[OH-]. The van der Waals surface area contributed by atoms with E-state index in [1.165, 1.54) is 31.8 Å². The third-order valence-corrected chi connectivity index (χ3v) is 30.4. The molecule has 0 radical (unpaired) electrons. The molecule has 20 rings (SSSR count). The number of aromatic nitrogens is 6. The molecule has 3 aromatic heterocycles. The van der Waals surface area contributed by atoms with E-state index >= 15 is 0 Å². The molecule has 9 N–H and O–H groups in total. The summed E-state index contributed by atoms with van der Waals surface area (Å²) < 4.78 is 61.9. The molecule has 4 aliphatic heterocycles. The molecule has 147 heavy (non-hydrogen) atoms. The minimum Gasteiger partial charge on any atom is -0.870 e. The average molecular weight is 2160 g/mol. The summed E-state index contributed by atoms with van der Waals surface area (Å²) in [5, 5.41) is 12.6. The molecule has 5 fully saturated rings. The molecule has 0 unspecified atom stereocenters. The van der Waals surface area contributed by atoms with Gasteiger partial charge in [0.15, 0.2) is 0 Å². The van der Waals surface area contributed by atoms with Crippen LogP contribution in [0.5, 0.6) is 46.0 Å². The first kappa shape index (κ1) is 112. The molecule has 5 aliphatic carbocycles. The first-order chi connectivity index (χ1) is 69.9. The van der Waals surface area contributed by atoms with Crippen LogP contribution in [0.15, 0.2) is 149 Å². The largest absolute Gasteiger partial charge is 1.00 e. The Bertz CT molecular complexity index is 6630. The molecule has 6 amide bonds. The molecule has 0 saturated heterocycles. The predicted molar refractivity (Wildman–Crippen MR) is 570 cm³/mol. The summed E-state index contributed by atoms with van der Waals surface area (Å²) in [5.74, 6) is 9.78. The first-order valence-corrected chi connectivity index (χ1v) is 50.4. The molecule has 774 valence electrons. The molecule has 8 aromatic carbocycles. The number of nitrogen functional groups attached to an aromatic ring is 2. The van der Waals surface area contributed by atoms with Crippen molar-refractivity contribution in [2.75, 3.05) is 96.8 Å². The van der Waals surface area contributed by atoms with Gasteiger partial charge in [0.2, 0.25) is 11.8 Å². The molecular weight excluding hydrogens is 2030 g/mol. The van der Waals surface area contributed by atoms with E-state index in [4.69, 9.17) is 50.7 Å². The molecule has 0 atom stereocenters. The molecule has 35 heteroatoms. The molecule has 11 aromatic rings. The Morgan fingerprint density at radius 1 is 0.401 bits per heavy atom. The number of rotatable bonds is 24. The number of hydrogen-bond acceptors (Lipinski definition) is 25. The number of halogens is 3. The molecule has 9 aliphatic rings. The molecule has 5 saturated carbocycles. The van der Waals surface area contributed by atoms with Crippen LogP contribution in [-0.4, -0.2) is 154 Å². The summed E-state index contributed by atoms with van der Waals surface area (Å²) in [4.78, 5) is 112. The van der Waals surface area contributed by atoms with Crippen molar-refractivity contribution in [3.05, 3.63) is 255 Å². The van der Waals surface area contributed by atoms with E-state index in [2.05, 4.69) is 97.7 Å². The van der Waals surface area contributed by atoms with Crippen LogP contribution < -0.4 is 122 Å². The number of ether oxygens (including phenoxy) is 8. The van der Waals surface area contributed by atoms with Crippen LogP contribution in [0.25, 0.3) is 0 Å². The number of nitrogens with zero attached hydrogens (tertiary/aromatic N) is 10. The fourth-order valence-electron chi connectivity index (χ4n) is 21.4. The number of carbonyl (C=O) groups is 6. The van der Waals surface area contributed by atoms with Crippen molar-refractivity contribution in [2.45, 2.75) is 227 Å². The Labute approximate surface area is 921 Å². The number of nitrogens with two attached hydrogens (primary N) is 2. The second kappa shape index (κ2) is 49.8. The number of amides is 6. The number of anilines is 8. The summed E-state index contributed by atoms with van der Waals surface area (Å²) in [7, 11) is 12.3. The number of nitrogens with one attached hydrogen (secondary N) is 4. The topological polar surface area (TPSA) is 397 Å². The van der Waals surface area contributed by atoms with Crippen LogP contribution in [0.4, 0.5) is 50.7 Å². The fraction of sp³-hybridized carbons (Fsp3) is 0.411. The van der Waals surface area contributed by atoms with E-state index in [0.29, 0.717) is 79.1 Å². The Hall–Kier alpha value is -12.1. The van der Waals surface area contributed by atoms with Crippen LogP contribution in [0, 0.1) is 60.3 Å². The number of fused-ring (bicyclic) bond motifs is 7. The number of alkyl halides is 1. The van der Waals surface area contributed by atoms with Crippen LogP contribution in [0.1, 0.15) is 256 Å². The smallest absolute Gasteiger partial charge is 0.870 e. The Kier molecular flexibility index (Phi) is 38.0. The van der Waals surface area contributed by atoms with Crippen LogP contribution in [0.2, 0.25) is 0 Å². The van der Waals surface area contributed by atoms with Gasteiger partial charge in [-0.05, 0) is 262 Å². The van der Waals surface area contributed by atoms with E-state index < -0.39 is 18.2 Å². The third kappa shape index (κ3) is 23.6. The zero-order chi connectivity index (χ0) is 103. The number of carbonyl (C=O) groups excluding carboxylic acids is 6. The van der Waals surface area contributed by atoms with E-state index in [-0.39, 0.29) is 117 Å². The number of benzene rings is 8. The fourth-order valence-corrected chi connectivity index (χ4v) is 22.8. The van der Waals surface area contributed by atoms with Gasteiger partial charge in [-0.3, -0.25) is 33.2 Å². The Balaban J connectivity index is 0.000000168. The van der Waals surface area contributed by atoms with Gasteiger partial charge < -0.3 is 95.7 Å². The van der Waals surface area contributed by atoms with E-state index in [1.807, 2.05) is 168 Å². The summed E-state index contributed by atoms with van der Waals surface area (Å²) in [5.41, 5.74) is 29.4. The van der Waals surface area contributed by atoms with Crippen LogP contribution in [-0.2, 0) is 58.9 Å². The van der Waals surface area contributed by atoms with Gasteiger partial charge in [0, 0.05) is 77.0 Å². The Morgan fingerprint density at radius 3 is 1.02 bits per heavy atom. The van der Waals surface area contributed by atoms with Gasteiger partial charge in [0.25, 0.3) is 23.6 Å². The summed E-state index contributed by atoms with van der Waals surface area (Å²) in [6, 6.07) is 39.6. The second-order valence-corrected chi connectivity index (χ2v) is 39.7. The third-order valence-electron chi connectivity index (χ3n) is 29.2. The minimum absolute atomic E-state index is 0. The van der Waals surface area contributed by atoms with Crippen LogP contribution >= 0.6 is 31.9 Å². The van der Waals surface area contributed by atoms with E-state index in [9.17, 15) is 33.2 Å². The minimum atomic E-state index is -1.00. The number of aryl methyl sites for hydroxylation is 4. The zero-order valence-corrected chi connectivity index (χ0v) is 92.3. The summed E-state index contributed by atoms with van der Waals surface area (Å²) in [6.45, 7) is 16.3. The quantitative estimate of drug-likeness (QED) is 0.0306. The Morgan fingerprint density at radius 2 is 0.687 bits per heavy atom. The van der Waals surface area contributed by atoms with Crippen molar-refractivity contribution >= 4 is 114 Å². The van der Waals surface area contributed by atoms with Crippen molar-refractivity contribution < 1.29 is 129 Å². The van der Waals surface area contributed by atoms with Crippen LogP contribution in [0.3, 0.4) is 0 Å². The monoisotopic (exact) mass is 2160 g/mol. The van der Waals surface area contributed by atoms with Gasteiger partial charge in [-0.25, -0.2) is 29.9 Å². The van der Waals surface area contributed by atoms with Gasteiger partial charge in [0.1, 0.15) is 99.9 Å². The van der Waals surface area contributed by atoms with Crippen molar-refractivity contribution in [1.29, 1.82) is 0 Å². The summed E-state index contributed by atoms with van der Waals surface area (Å²) >= 11 is 7.18. The first-order valence-electron chi connectivity index (χ1n) is 49.5. The summed E-state index contributed by atoms with van der Waals surface area (Å²) in [6.07, 6.45) is 23.6. The molecular formula is C112H134Br2FKN16O15. The van der Waals surface area contributed by atoms with E-state index in [1.54, 1.807) is 63.8 Å². The zero-order valence-electron chi connectivity index (χ0n) is 87.0. The number of methoxy groups -OCH3 is 8. The maximum atomic E-state index is 14.2. The van der Waals surface area contributed by atoms with Crippen molar-refractivity contribution in [3.63, 3.8) is 0 Å². The van der Waals surface area contributed by atoms with E-state index in [0.717, 1.165) is 270 Å². The molecule has 7 heterocycles. The molecule has 3 spiro atoms.